The van der Waals surface area contributed by atoms with Crippen LogP contribution in [-0.2, 0) is 11.2 Å². The minimum atomic E-state index is -0.891. The maximum atomic E-state index is 10.9. The zero-order valence-electron chi connectivity index (χ0n) is 12.7. The Labute approximate surface area is 143 Å². The number of carboxylic acid groups (broad SMARTS) is 1. The molecule has 2 aromatic rings. The second-order valence-corrected chi connectivity index (χ2v) is 5.65. The van der Waals surface area contributed by atoms with Gasteiger partial charge in [-0.25, -0.2) is 4.98 Å². The van der Waals surface area contributed by atoms with Crippen LogP contribution in [-0.4, -0.2) is 27.0 Å². The standard InChI is InChI=1S/C16H16ClN3O4/c17-14-9-13(20(23)24)10-18-16(14)19-12(6-7-15(21)22)8-11-4-2-1-3-5-11/h1-5,9-10,12H,6-8H2,(H,18,19)(H,21,22). The summed E-state index contributed by atoms with van der Waals surface area (Å²) < 4.78 is 0. The first kappa shape index (κ1) is 17.7. The normalized spacial score (nSPS) is 11.7. The van der Waals surface area contributed by atoms with Crippen LogP contribution in [0.5, 0.6) is 0 Å². The first-order valence-corrected chi connectivity index (χ1v) is 7.65. The number of nitro groups is 1. The summed E-state index contributed by atoms with van der Waals surface area (Å²) in [5, 5.41) is 22.8. The number of nitrogens with zero attached hydrogens (tertiary/aromatic N) is 2. The third kappa shape index (κ3) is 5.20. The number of carbonyl (C=O) groups is 1. The quantitative estimate of drug-likeness (QED) is 0.558. The average molecular weight is 350 g/mol. The lowest BCUT2D eigenvalue weighted by atomic mass is 10.0. The monoisotopic (exact) mass is 349 g/mol. The van der Waals surface area contributed by atoms with E-state index in [9.17, 15) is 14.9 Å². The molecule has 0 saturated carbocycles. The molecular weight excluding hydrogens is 334 g/mol. The van der Waals surface area contributed by atoms with Gasteiger partial charge in [0, 0.05) is 18.5 Å². The van der Waals surface area contributed by atoms with Gasteiger partial charge in [-0.05, 0) is 18.4 Å². The van der Waals surface area contributed by atoms with Crippen molar-refractivity contribution in [1.29, 1.82) is 0 Å². The van der Waals surface area contributed by atoms with Gasteiger partial charge in [-0.3, -0.25) is 14.9 Å². The average Bonchev–Trinajstić information content (AvgIpc) is 2.55. The van der Waals surface area contributed by atoms with Crippen molar-refractivity contribution in [2.75, 3.05) is 5.32 Å². The van der Waals surface area contributed by atoms with Crippen molar-refractivity contribution in [1.82, 2.24) is 4.98 Å². The lowest BCUT2D eigenvalue weighted by Crippen LogP contribution is -2.24. The van der Waals surface area contributed by atoms with Gasteiger partial charge in [0.2, 0.25) is 0 Å². The Balaban J connectivity index is 2.14. The summed E-state index contributed by atoms with van der Waals surface area (Å²) in [7, 11) is 0. The van der Waals surface area contributed by atoms with Crippen molar-refractivity contribution in [2.24, 2.45) is 0 Å². The molecule has 1 heterocycles. The summed E-state index contributed by atoms with van der Waals surface area (Å²) in [6.45, 7) is 0. The van der Waals surface area contributed by atoms with E-state index in [4.69, 9.17) is 16.7 Å². The topological polar surface area (TPSA) is 105 Å². The molecule has 0 aliphatic carbocycles. The highest BCUT2D eigenvalue weighted by atomic mass is 35.5. The van der Waals surface area contributed by atoms with E-state index in [-0.39, 0.29) is 23.2 Å². The van der Waals surface area contributed by atoms with Gasteiger partial charge in [-0.1, -0.05) is 41.9 Å². The zero-order valence-corrected chi connectivity index (χ0v) is 13.4. The fourth-order valence-electron chi connectivity index (χ4n) is 2.25. The molecule has 2 rings (SSSR count). The summed E-state index contributed by atoms with van der Waals surface area (Å²) >= 11 is 6.04. The molecule has 0 bridgehead atoms. The molecule has 0 spiro atoms. The first-order chi connectivity index (χ1) is 11.5. The van der Waals surface area contributed by atoms with E-state index < -0.39 is 10.9 Å². The molecule has 8 heteroatoms. The molecule has 0 radical (unpaired) electrons. The van der Waals surface area contributed by atoms with Gasteiger partial charge in [-0.2, -0.15) is 0 Å². The number of hydrogen-bond donors (Lipinski definition) is 2. The molecule has 7 nitrogen and oxygen atoms in total. The molecule has 126 valence electrons. The van der Waals surface area contributed by atoms with E-state index in [2.05, 4.69) is 10.3 Å². The number of benzene rings is 1. The highest BCUT2D eigenvalue weighted by molar-refractivity contribution is 6.33. The predicted molar refractivity (Wildman–Crippen MR) is 90.3 cm³/mol. The summed E-state index contributed by atoms with van der Waals surface area (Å²) in [5.41, 5.74) is 0.842. The number of rotatable bonds is 8. The van der Waals surface area contributed by atoms with E-state index in [1.165, 1.54) is 6.07 Å². The molecule has 0 saturated heterocycles. The molecule has 24 heavy (non-hydrogen) atoms. The molecular formula is C16H16ClN3O4. The second-order valence-electron chi connectivity index (χ2n) is 5.24. The van der Waals surface area contributed by atoms with Gasteiger partial charge >= 0.3 is 5.97 Å². The number of carboxylic acids is 1. The summed E-state index contributed by atoms with van der Waals surface area (Å²) in [6.07, 6.45) is 2.07. The minimum absolute atomic E-state index is 0.00486. The van der Waals surface area contributed by atoms with Crippen molar-refractivity contribution in [3.8, 4) is 0 Å². The number of hydrogen-bond acceptors (Lipinski definition) is 5. The van der Waals surface area contributed by atoms with Gasteiger partial charge in [0.05, 0.1) is 9.95 Å². The molecule has 1 atom stereocenters. The van der Waals surface area contributed by atoms with Crippen LogP contribution in [0, 0.1) is 10.1 Å². The second kappa shape index (κ2) is 8.26. The Bertz CT molecular complexity index is 725. The van der Waals surface area contributed by atoms with Crippen molar-refractivity contribution in [3.63, 3.8) is 0 Å². The number of pyridine rings is 1. The fourth-order valence-corrected chi connectivity index (χ4v) is 2.46. The maximum absolute atomic E-state index is 10.9. The van der Waals surface area contributed by atoms with Crippen LogP contribution in [0.1, 0.15) is 18.4 Å². The molecule has 2 N–H and O–H groups in total. The van der Waals surface area contributed by atoms with Crippen LogP contribution >= 0.6 is 11.6 Å². The van der Waals surface area contributed by atoms with E-state index in [1.54, 1.807) is 0 Å². The lowest BCUT2D eigenvalue weighted by Gasteiger charge is -2.19. The number of aliphatic carboxylic acids is 1. The van der Waals surface area contributed by atoms with E-state index in [0.717, 1.165) is 11.8 Å². The van der Waals surface area contributed by atoms with Crippen LogP contribution in [0.3, 0.4) is 0 Å². The van der Waals surface area contributed by atoms with Gasteiger partial charge in [0.25, 0.3) is 5.69 Å². The zero-order chi connectivity index (χ0) is 17.5. The van der Waals surface area contributed by atoms with Crippen LogP contribution in [0.4, 0.5) is 11.5 Å². The number of anilines is 1. The van der Waals surface area contributed by atoms with Gasteiger partial charge in [0.1, 0.15) is 12.0 Å². The van der Waals surface area contributed by atoms with Crippen LogP contribution < -0.4 is 5.32 Å². The van der Waals surface area contributed by atoms with Crippen molar-refractivity contribution < 1.29 is 14.8 Å². The Morgan fingerprint density at radius 2 is 2.08 bits per heavy atom. The molecule has 1 aromatic carbocycles. The Kier molecular flexibility index (Phi) is 6.08. The Morgan fingerprint density at radius 1 is 1.38 bits per heavy atom. The number of halogens is 1. The lowest BCUT2D eigenvalue weighted by molar-refractivity contribution is -0.385. The van der Waals surface area contributed by atoms with Crippen molar-refractivity contribution in [2.45, 2.75) is 25.3 Å². The smallest absolute Gasteiger partial charge is 0.303 e. The van der Waals surface area contributed by atoms with Gasteiger partial charge < -0.3 is 10.4 Å². The summed E-state index contributed by atoms with van der Waals surface area (Å²) in [5.74, 6) is -0.591. The summed E-state index contributed by atoms with van der Waals surface area (Å²) in [4.78, 5) is 25.0. The Hall–Kier alpha value is -2.67. The SMILES string of the molecule is O=C(O)CCC(Cc1ccccc1)Nc1ncc([N+](=O)[O-])cc1Cl. The van der Waals surface area contributed by atoms with Crippen molar-refractivity contribution in [3.05, 3.63) is 63.3 Å². The molecule has 1 aromatic heterocycles. The van der Waals surface area contributed by atoms with E-state index >= 15 is 0 Å². The van der Waals surface area contributed by atoms with E-state index in [0.29, 0.717) is 18.7 Å². The molecule has 0 fully saturated rings. The third-order valence-corrected chi connectivity index (χ3v) is 3.70. The van der Waals surface area contributed by atoms with Crippen molar-refractivity contribution >= 4 is 29.1 Å². The largest absolute Gasteiger partial charge is 0.481 e. The number of nitrogens with one attached hydrogen (secondary N) is 1. The van der Waals surface area contributed by atoms with Gasteiger partial charge in [-0.15, -0.1) is 0 Å². The Morgan fingerprint density at radius 3 is 2.67 bits per heavy atom. The highest BCUT2D eigenvalue weighted by Crippen LogP contribution is 2.25. The van der Waals surface area contributed by atoms with Crippen LogP contribution in [0.15, 0.2) is 42.6 Å². The fraction of sp³-hybridized carbons (Fsp3) is 0.250. The minimum Gasteiger partial charge on any atom is -0.481 e. The third-order valence-electron chi connectivity index (χ3n) is 3.41. The maximum Gasteiger partial charge on any atom is 0.303 e. The van der Waals surface area contributed by atoms with Crippen LogP contribution in [0.2, 0.25) is 5.02 Å². The molecule has 0 aliphatic heterocycles. The van der Waals surface area contributed by atoms with Gasteiger partial charge in [0.15, 0.2) is 0 Å². The van der Waals surface area contributed by atoms with E-state index in [1.807, 2.05) is 30.3 Å². The molecule has 0 amide bonds. The summed E-state index contributed by atoms with van der Waals surface area (Å²) in [6, 6.07) is 10.6. The van der Waals surface area contributed by atoms with Crippen LogP contribution in [0.25, 0.3) is 0 Å². The number of aromatic nitrogens is 1. The molecule has 0 aliphatic rings. The predicted octanol–water partition coefficient (Wildman–Crippen LogP) is 3.53. The highest BCUT2D eigenvalue weighted by Gasteiger charge is 2.16. The first-order valence-electron chi connectivity index (χ1n) is 7.28. The molecule has 1 unspecified atom stereocenters.